The molecular weight excluding hydrogens is 364 g/mol. The predicted octanol–water partition coefficient (Wildman–Crippen LogP) is 1.90. The van der Waals surface area contributed by atoms with Crippen LogP contribution < -0.4 is 4.74 Å². The molecule has 2 aromatic rings. The summed E-state index contributed by atoms with van der Waals surface area (Å²) in [4.78, 5) is 9.81. The van der Waals surface area contributed by atoms with Crippen LogP contribution in [0.25, 0.3) is 11.1 Å². The molecule has 128 valence electrons. The Bertz CT molecular complexity index is 990. The second-order valence-corrected chi connectivity index (χ2v) is 7.34. The molecule has 0 saturated carbocycles. The first-order valence-electron chi connectivity index (χ1n) is 6.09. The molecule has 0 heterocycles. The normalized spacial score (nSPS) is 11.9. The molecule has 0 aliphatic rings. The summed E-state index contributed by atoms with van der Waals surface area (Å²) in [6, 6.07) is 7.44. The summed E-state index contributed by atoms with van der Waals surface area (Å²) in [5, 5.41) is 8.72. The van der Waals surface area contributed by atoms with Gasteiger partial charge in [0.1, 0.15) is 5.75 Å². The summed E-state index contributed by atoms with van der Waals surface area (Å²) >= 11 is 0. The van der Waals surface area contributed by atoms with Gasteiger partial charge in [-0.3, -0.25) is 9.11 Å². The van der Waals surface area contributed by atoms with E-state index in [1.165, 1.54) is 12.1 Å². The first kappa shape index (κ1) is 17.9. The highest BCUT2D eigenvalue weighted by Gasteiger charge is 2.17. The van der Waals surface area contributed by atoms with Gasteiger partial charge >= 0.3 is 6.16 Å². The maximum atomic E-state index is 11.2. The zero-order valence-corrected chi connectivity index (χ0v) is 13.3. The molecule has 0 bridgehead atoms. The van der Waals surface area contributed by atoms with Crippen LogP contribution in [0.5, 0.6) is 5.75 Å². The van der Waals surface area contributed by atoms with Gasteiger partial charge in [0.2, 0.25) is 0 Å². The Balaban J connectivity index is 2.63. The van der Waals surface area contributed by atoms with E-state index in [0.717, 1.165) is 30.3 Å². The number of rotatable bonds is 4. The first-order valence-corrected chi connectivity index (χ1v) is 8.97. The molecular formula is C13H10O9S2. The molecule has 0 spiro atoms. The Morgan fingerprint density at radius 3 is 1.79 bits per heavy atom. The topological polar surface area (TPSA) is 155 Å². The van der Waals surface area contributed by atoms with Crippen molar-refractivity contribution < 1.29 is 40.6 Å². The van der Waals surface area contributed by atoms with E-state index >= 15 is 0 Å². The van der Waals surface area contributed by atoms with Gasteiger partial charge in [-0.05, 0) is 35.9 Å². The third-order valence-corrected chi connectivity index (χ3v) is 4.63. The van der Waals surface area contributed by atoms with Crippen molar-refractivity contribution in [3.05, 3.63) is 42.5 Å². The fourth-order valence-electron chi connectivity index (χ4n) is 1.88. The van der Waals surface area contributed by atoms with Gasteiger partial charge in [-0.1, -0.05) is 12.1 Å². The fourth-order valence-corrected chi connectivity index (χ4v) is 2.87. The number of ether oxygens (including phenoxy) is 1. The molecule has 0 atom stereocenters. The van der Waals surface area contributed by atoms with E-state index in [9.17, 15) is 21.6 Å². The maximum absolute atomic E-state index is 11.2. The summed E-state index contributed by atoms with van der Waals surface area (Å²) in [6.45, 7) is 0. The van der Waals surface area contributed by atoms with E-state index in [1.54, 1.807) is 0 Å². The van der Waals surface area contributed by atoms with Crippen molar-refractivity contribution in [1.29, 1.82) is 0 Å². The monoisotopic (exact) mass is 374 g/mol. The molecule has 0 radical (unpaired) electrons. The minimum absolute atomic E-state index is 0.0191. The van der Waals surface area contributed by atoms with Crippen molar-refractivity contribution >= 4 is 26.4 Å². The van der Waals surface area contributed by atoms with Crippen LogP contribution in [0.3, 0.4) is 0 Å². The standard InChI is InChI=1S/C13H10O9S2/c14-13(15)22-12-6-5-10(24(19,20)21)7-11(12)8-1-3-9(4-2-8)23(16,17)18/h1-7H,(H,14,15)(H,16,17,18)(H,19,20,21). The number of carbonyl (C=O) groups is 1. The van der Waals surface area contributed by atoms with E-state index in [1.807, 2.05) is 0 Å². The van der Waals surface area contributed by atoms with E-state index in [2.05, 4.69) is 4.74 Å². The van der Waals surface area contributed by atoms with Crippen LogP contribution in [0.15, 0.2) is 52.3 Å². The molecule has 2 aromatic carbocycles. The average Bonchev–Trinajstić information content (AvgIpc) is 2.45. The number of hydrogen-bond donors (Lipinski definition) is 3. The van der Waals surface area contributed by atoms with Crippen molar-refractivity contribution in [2.75, 3.05) is 0 Å². The van der Waals surface area contributed by atoms with E-state index in [-0.39, 0.29) is 16.9 Å². The lowest BCUT2D eigenvalue weighted by Gasteiger charge is -2.10. The Morgan fingerprint density at radius 1 is 0.833 bits per heavy atom. The zero-order chi connectivity index (χ0) is 18.1. The molecule has 9 nitrogen and oxygen atoms in total. The van der Waals surface area contributed by atoms with Crippen molar-refractivity contribution in [2.24, 2.45) is 0 Å². The summed E-state index contributed by atoms with van der Waals surface area (Å²) < 4.78 is 67.0. The molecule has 0 unspecified atom stereocenters. The van der Waals surface area contributed by atoms with Crippen molar-refractivity contribution in [2.45, 2.75) is 9.79 Å². The highest BCUT2D eigenvalue weighted by Crippen LogP contribution is 2.33. The Kier molecular flexibility index (Phi) is 4.62. The highest BCUT2D eigenvalue weighted by molar-refractivity contribution is 7.86. The summed E-state index contributed by atoms with van der Waals surface area (Å²) in [5.41, 5.74) is 0.179. The molecule has 0 aromatic heterocycles. The quantitative estimate of drug-likeness (QED) is 0.413. The number of carboxylic acid groups (broad SMARTS) is 1. The molecule has 2 rings (SSSR count). The molecule has 0 saturated heterocycles. The predicted molar refractivity (Wildman–Crippen MR) is 80.2 cm³/mol. The van der Waals surface area contributed by atoms with Crippen molar-refractivity contribution in [3.63, 3.8) is 0 Å². The van der Waals surface area contributed by atoms with Gasteiger partial charge in [-0.25, -0.2) is 4.79 Å². The molecule has 3 N–H and O–H groups in total. The van der Waals surface area contributed by atoms with Gasteiger partial charge < -0.3 is 9.84 Å². The van der Waals surface area contributed by atoms with Crippen molar-refractivity contribution in [3.8, 4) is 16.9 Å². The van der Waals surface area contributed by atoms with Gasteiger partial charge in [-0.15, -0.1) is 0 Å². The molecule has 0 aliphatic carbocycles. The van der Waals surface area contributed by atoms with Gasteiger partial charge in [0.15, 0.2) is 0 Å². The number of hydrogen-bond acceptors (Lipinski definition) is 6. The lowest BCUT2D eigenvalue weighted by molar-refractivity contribution is 0.144. The Hall–Kier alpha value is -2.47. The van der Waals surface area contributed by atoms with Gasteiger partial charge in [0.25, 0.3) is 20.2 Å². The van der Waals surface area contributed by atoms with Crippen LogP contribution in [0, 0.1) is 0 Å². The van der Waals surface area contributed by atoms with Gasteiger partial charge in [0.05, 0.1) is 9.79 Å². The minimum atomic E-state index is -4.55. The minimum Gasteiger partial charge on any atom is -0.449 e. The maximum Gasteiger partial charge on any atom is 0.511 e. The van der Waals surface area contributed by atoms with Crippen molar-refractivity contribution in [1.82, 2.24) is 0 Å². The SMILES string of the molecule is O=C(O)Oc1ccc(S(=O)(=O)O)cc1-c1ccc(S(=O)(=O)O)cc1. The second-order valence-electron chi connectivity index (χ2n) is 4.50. The first-order chi connectivity index (χ1) is 11.0. The van der Waals surface area contributed by atoms with E-state index in [4.69, 9.17) is 14.2 Å². The zero-order valence-electron chi connectivity index (χ0n) is 11.6. The number of benzene rings is 2. The van der Waals surface area contributed by atoms with Crippen LogP contribution in [-0.2, 0) is 20.2 Å². The lowest BCUT2D eigenvalue weighted by atomic mass is 10.0. The van der Waals surface area contributed by atoms with Crippen LogP contribution in [0.1, 0.15) is 0 Å². The van der Waals surface area contributed by atoms with Crippen LogP contribution >= 0.6 is 0 Å². The third-order valence-electron chi connectivity index (χ3n) is 2.91. The third kappa shape index (κ3) is 4.08. The van der Waals surface area contributed by atoms with Gasteiger partial charge in [0, 0.05) is 5.56 Å². The molecule has 0 amide bonds. The summed E-state index contributed by atoms with van der Waals surface area (Å²) in [5.74, 6) is -0.227. The fraction of sp³-hybridized carbons (Fsp3) is 0. The van der Waals surface area contributed by atoms with Crippen LogP contribution in [0.2, 0.25) is 0 Å². The second kappa shape index (κ2) is 6.20. The highest BCUT2D eigenvalue weighted by atomic mass is 32.2. The Morgan fingerprint density at radius 2 is 1.33 bits per heavy atom. The summed E-state index contributed by atoms with van der Waals surface area (Å²) in [7, 11) is -8.97. The smallest absolute Gasteiger partial charge is 0.449 e. The molecule has 0 fully saturated rings. The van der Waals surface area contributed by atoms with Crippen LogP contribution in [-0.4, -0.2) is 37.2 Å². The average molecular weight is 374 g/mol. The lowest BCUT2D eigenvalue weighted by Crippen LogP contribution is -2.05. The summed E-state index contributed by atoms with van der Waals surface area (Å²) in [6.07, 6.45) is -1.65. The van der Waals surface area contributed by atoms with E-state index in [0.29, 0.717) is 0 Å². The molecule has 11 heteroatoms. The van der Waals surface area contributed by atoms with Gasteiger partial charge in [-0.2, -0.15) is 16.8 Å². The largest absolute Gasteiger partial charge is 0.511 e. The van der Waals surface area contributed by atoms with Crippen LogP contribution in [0.4, 0.5) is 4.79 Å². The van der Waals surface area contributed by atoms with E-state index < -0.39 is 36.2 Å². The molecule has 24 heavy (non-hydrogen) atoms. The Labute approximate surface area is 136 Å². The molecule has 0 aliphatic heterocycles.